The Labute approximate surface area is 168 Å². The molecule has 8 nitrogen and oxygen atoms in total. The molecule has 0 radical (unpaired) electrons. The maximum atomic E-state index is 12.4. The summed E-state index contributed by atoms with van der Waals surface area (Å²) in [6.45, 7) is 1.70. The van der Waals surface area contributed by atoms with Gasteiger partial charge in [-0.05, 0) is 36.7 Å². The first-order valence-electron chi connectivity index (χ1n) is 8.31. The minimum atomic E-state index is -0.531. The van der Waals surface area contributed by atoms with E-state index in [1.54, 1.807) is 17.6 Å². The summed E-state index contributed by atoms with van der Waals surface area (Å²) < 4.78 is 7.47. The van der Waals surface area contributed by atoms with Gasteiger partial charge in [0.15, 0.2) is 16.4 Å². The molecule has 0 saturated carbocycles. The number of para-hydroxylation sites is 1. The molecule has 3 heterocycles. The van der Waals surface area contributed by atoms with E-state index < -0.39 is 11.8 Å². The van der Waals surface area contributed by atoms with E-state index in [4.69, 9.17) is 16.6 Å². The number of fused-ring (bicyclic) bond motifs is 1. The van der Waals surface area contributed by atoms with E-state index in [-0.39, 0.29) is 12.3 Å². The van der Waals surface area contributed by atoms with Crippen molar-refractivity contribution in [3.8, 4) is 10.7 Å². The zero-order valence-corrected chi connectivity index (χ0v) is 16.3. The number of aromatic nitrogens is 3. The van der Waals surface area contributed by atoms with Gasteiger partial charge in [-0.3, -0.25) is 30.1 Å². The highest BCUT2D eigenvalue weighted by Gasteiger charge is 2.18. The molecule has 0 bridgehead atoms. The molecular weight excluding hydrogens is 398 g/mol. The van der Waals surface area contributed by atoms with Crippen LogP contribution in [0.1, 0.15) is 16.1 Å². The first-order valence-corrected chi connectivity index (χ1v) is 9.60. The van der Waals surface area contributed by atoms with Crippen molar-refractivity contribution in [1.82, 2.24) is 25.6 Å². The fourth-order valence-electron chi connectivity index (χ4n) is 2.82. The van der Waals surface area contributed by atoms with Gasteiger partial charge in [0.2, 0.25) is 0 Å². The molecule has 0 aliphatic carbocycles. The van der Waals surface area contributed by atoms with E-state index in [9.17, 15) is 9.59 Å². The molecule has 3 aromatic heterocycles. The van der Waals surface area contributed by atoms with Crippen LogP contribution in [0.25, 0.3) is 21.7 Å². The second-order valence-electron chi connectivity index (χ2n) is 5.97. The molecule has 0 saturated heterocycles. The Bertz CT molecular complexity index is 1220. The van der Waals surface area contributed by atoms with Crippen LogP contribution in [0.5, 0.6) is 0 Å². The number of hydrazine groups is 1. The first kappa shape index (κ1) is 18.1. The van der Waals surface area contributed by atoms with Crippen molar-refractivity contribution in [2.24, 2.45) is 0 Å². The first-order chi connectivity index (χ1) is 13.5. The molecule has 0 fully saturated rings. The topological polar surface area (TPSA) is 105 Å². The second-order valence-corrected chi connectivity index (χ2v) is 7.30. The van der Waals surface area contributed by atoms with E-state index in [0.717, 1.165) is 10.3 Å². The number of rotatable bonds is 4. The van der Waals surface area contributed by atoms with E-state index in [0.29, 0.717) is 21.7 Å². The molecule has 28 heavy (non-hydrogen) atoms. The van der Waals surface area contributed by atoms with Gasteiger partial charge in [0.1, 0.15) is 12.1 Å². The molecule has 2 amide bonds. The molecule has 0 unspecified atom stereocenters. The van der Waals surface area contributed by atoms with Crippen molar-refractivity contribution in [3.63, 3.8) is 0 Å². The Hall–Kier alpha value is -3.24. The number of hydrogen-bond donors (Lipinski definition) is 3. The molecule has 4 aromatic rings. The number of nitrogens with zero attached hydrogens (tertiary/aromatic N) is 2. The van der Waals surface area contributed by atoms with Gasteiger partial charge in [-0.2, -0.15) is 5.10 Å². The standard InChI is InChI=1S/C18H15N5O3S2/c1-10-11-5-2-3-6-12(11)26-15(10)17(25)21-19-14(24)9-23-16(20-22-18(23)27)13-7-4-8-28-13/h2-8H,9H2,1H3,(H,19,24)(H,21,25)(H,22,27). The summed E-state index contributed by atoms with van der Waals surface area (Å²) in [5, 5.41) is 9.61. The van der Waals surface area contributed by atoms with Crippen molar-refractivity contribution in [1.29, 1.82) is 0 Å². The lowest BCUT2D eigenvalue weighted by atomic mass is 10.1. The minimum Gasteiger partial charge on any atom is -0.451 e. The molecule has 142 valence electrons. The number of thiophene rings is 1. The van der Waals surface area contributed by atoms with Gasteiger partial charge >= 0.3 is 5.91 Å². The molecule has 0 aliphatic heterocycles. The van der Waals surface area contributed by atoms with Gasteiger partial charge < -0.3 is 4.42 Å². The third-order valence-electron chi connectivity index (χ3n) is 4.17. The summed E-state index contributed by atoms with van der Waals surface area (Å²) in [5.74, 6) is -0.260. The van der Waals surface area contributed by atoms with Crippen LogP contribution in [-0.4, -0.2) is 26.6 Å². The van der Waals surface area contributed by atoms with Crippen molar-refractivity contribution in [3.05, 3.63) is 57.9 Å². The Kier molecular flexibility index (Phi) is 4.80. The van der Waals surface area contributed by atoms with Gasteiger partial charge in [0.25, 0.3) is 5.91 Å². The van der Waals surface area contributed by atoms with Crippen LogP contribution >= 0.6 is 23.6 Å². The van der Waals surface area contributed by atoms with Crippen LogP contribution in [0.2, 0.25) is 0 Å². The highest BCUT2D eigenvalue weighted by atomic mass is 32.1. The number of aromatic amines is 1. The Balaban J connectivity index is 1.45. The molecule has 1 aromatic carbocycles. The summed E-state index contributed by atoms with van der Waals surface area (Å²) in [6, 6.07) is 11.1. The lowest BCUT2D eigenvalue weighted by molar-refractivity contribution is -0.122. The number of H-pyrrole nitrogens is 1. The number of nitrogens with one attached hydrogen (secondary N) is 3. The molecule has 3 N–H and O–H groups in total. The number of amides is 2. The maximum Gasteiger partial charge on any atom is 0.305 e. The van der Waals surface area contributed by atoms with Crippen molar-refractivity contribution in [2.45, 2.75) is 13.5 Å². The average molecular weight is 413 g/mol. The molecule has 4 rings (SSSR count). The summed E-state index contributed by atoms with van der Waals surface area (Å²) in [4.78, 5) is 25.6. The normalized spacial score (nSPS) is 10.9. The highest BCUT2D eigenvalue weighted by Crippen LogP contribution is 2.25. The summed E-state index contributed by atoms with van der Waals surface area (Å²) >= 11 is 6.68. The van der Waals surface area contributed by atoms with Crippen LogP contribution in [0.3, 0.4) is 0 Å². The van der Waals surface area contributed by atoms with E-state index in [1.165, 1.54) is 11.3 Å². The number of aryl methyl sites for hydroxylation is 1. The quantitative estimate of drug-likeness (QED) is 0.352. The maximum absolute atomic E-state index is 12.4. The van der Waals surface area contributed by atoms with Gasteiger partial charge in [-0.15, -0.1) is 11.3 Å². The highest BCUT2D eigenvalue weighted by molar-refractivity contribution is 7.71. The van der Waals surface area contributed by atoms with Crippen LogP contribution in [0.15, 0.2) is 46.2 Å². The Morgan fingerprint density at radius 2 is 2.07 bits per heavy atom. The fraction of sp³-hybridized carbons (Fsp3) is 0.111. The Morgan fingerprint density at radius 3 is 2.82 bits per heavy atom. The SMILES string of the molecule is Cc1c(C(=O)NNC(=O)Cn2c(-c3cccs3)n[nH]c2=S)oc2ccccc12. The van der Waals surface area contributed by atoms with Crippen LogP contribution < -0.4 is 10.9 Å². The largest absolute Gasteiger partial charge is 0.451 e. The monoisotopic (exact) mass is 413 g/mol. The van der Waals surface area contributed by atoms with Crippen molar-refractivity contribution < 1.29 is 14.0 Å². The van der Waals surface area contributed by atoms with Gasteiger partial charge in [0, 0.05) is 10.9 Å². The second kappa shape index (κ2) is 7.41. The summed E-state index contributed by atoms with van der Waals surface area (Å²) in [5.41, 5.74) is 6.09. The number of hydrogen-bond acceptors (Lipinski definition) is 6. The van der Waals surface area contributed by atoms with E-state index >= 15 is 0 Å². The van der Waals surface area contributed by atoms with Crippen molar-refractivity contribution >= 4 is 46.3 Å². The van der Waals surface area contributed by atoms with Crippen LogP contribution in [-0.2, 0) is 11.3 Å². The molecular formula is C18H15N5O3S2. The number of carbonyl (C=O) groups excluding carboxylic acids is 2. The molecule has 0 aliphatic rings. The molecule has 0 atom stereocenters. The Morgan fingerprint density at radius 1 is 1.25 bits per heavy atom. The molecule has 10 heteroatoms. The fourth-order valence-corrected chi connectivity index (χ4v) is 3.73. The van der Waals surface area contributed by atoms with E-state index in [2.05, 4.69) is 21.0 Å². The predicted molar refractivity (Wildman–Crippen MR) is 107 cm³/mol. The van der Waals surface area contributed by atoms with E-state index in [1.807, 2.05) is 35.7 Å². The summed E-state index contributed by atoms with van der Waals surface area (Å²) in [6.07, 6.45) is 0. The number of carbonyl (C=O) groups is 2. The lowest BCUT2D eigenvalue weighted by Crippen LogP contribution is -2.43. The zero-order chi connectivity index (χ0) is 19.7. The number of furan rings is 1. The zero-order valence-electron chi connectivity index (χ0n) is 14.7. The predicted octanol–water partition coefficient (Wildman–Crippen LogP) is 3.19. The molecule has 0 spiro atoms. The minimum absolute atomic E-state index is 0.0953. The lowest BCUT2D eigenvalue weighted by Gasteiger charge is -2.08. The third kappa shape index (κ3) is 3.35. The van der Waals surface area contributed by atoms with Gasteiger partial charge in [-0.1, -0.05) is 24.3 Å². The smallest absolute Gasteiger partial charge is 0.305 e. The average Bonchev–Trinajstić information content (AvgIpc) is 3.41. The summed E-state index contributed by atoms with van der Waals surface area (Å²) in [7, 11) is 0. The van der Waals surface area contributed by atoms with Gasteiger partial charge in [-0.25, -0.2) is 0 Å². The van der Waals surface area contributed by atoms with Gasteiger partial charge in [0.05, 0.1) is 4.88 Å². The number of benzene rings is 1. The third-order valence-corrected chi connectivity index (χ3v) is 5.34. The van der Waals surface area contributed by atoms with Crippen LogP contribution in [0, 0.1) is 11.7 Å². The van der Waals surface area contributed by atoms with Crippen molar-refractivity contribution in [2.75, 3.05) is 0 Å². The van der Waals surface area contributed by atoms with Crippen LogP contribution in [0.4, 0.5) is 0 Å².